The minimum absolute atomic E-state index is 0.00780. The molecule has 6 nitrogen and oxygen atoms in total. The number of carbonyl (C=O) groups is 1. The van der Waals surface area contributed by atoms with Crippen molar-refractivity contribution in [3.05, 3.63) is 70.4 Å². The van der Waals surface area contributed by atoms with Gasteiger partial charge in [-0.25, -0.2) is 4.98 Å². The van der Waals surface area contributed by atoms with Crippen molar-refractivity contribution in [1.82, 2.24) is 4.98 Å². The standard InChI is InChI=1S/C16H9ClN2O4/c17-15(20)12-3-1-2-4-13(12)16-18-9-14(23-16)10-5-7-11(8-6-10)19(21)22/h1-9H. The van der Waals surface area contributed by atoms with Gasteiger partial charge in [-0.15, -0.1) is 0 Å². The smallest absolute Gasteiger partial charge is 0.269 e. The molecule has 0 atom stereocenters. The van der Waals surface area contributed by atoms with Crippen molar-refractivity contribution in [1.29, 1.82) is 0 Å². The number of nitro benzene ring substituents is 1. The zero-order chi connectivity index (χ0) is 16.4. The third-order valence-electron chi connectivity index (χ3n) is 3.24. The van der Waals surface area contributed by atoms with Crippen LogP contribution >= 0.6 is 11.6 Å². The van der Waals surface area contributed by atoms with Crippen LogP contribution in [-0.4, -0.2) is 15.1 Å². The van der Waals surface area contributed by atoms with E-state index in [9.17, 15) is 14.9 Å². The molecule has 0 radical (unpaired) electrons. The number of nitro groups is 1. The molecular weight excluding hydrogens is 320 g/mol. The highest BCUT2D eigenvalue weighted by molar-refractivity contribution is 6.68. The van der Waals surface area contributed by atoms with Crippen molar-refractivity contribution in [3.63, 3.8) is 0 Å². The van der Waals surface area contributed by atoms with E-state index in [4.69, 9.17) is 16.0 Å². The van der Waals surface area contributed by atoms with E-state index in [2.05, 4.69) is 4.98 Å². The molecule has 0 fully saturated rings. The second-order valence-corrected chi connectivity index (χ2v) is 5.00. The van der Waals surface area contributed by atoms with Crippen molar-refractivity contribution in [2.45, 2.75) is 0 Å². The number of nitrogens with zero attached hydrogens (tertiary/aromatic N) is 2. The molecule has 0 aliphatic heterocycles. The summed E-state index contributed by atoms with van der Waals surface area (Å²) in [5, 5.41) is 10.1. The summed E-state index contributed by atoms with van der Waals surface area (Å²) in [6, 6.07) is 12.6. The van der Waals surface area contributed by atoms with Gasteiger partial charge in [0.25, 0.3) is 10.9 Å². The van der Waals surface area contributed by atoms with Crippen LogP contribution in [-0.2, 0) is 0 Å². The number of non-ortho nitro benzene ring substituents is 1. The van der Waals surface area contributed by atoms with Gasteiger partial charge in [-0.05, 0) is 35.9 Å². The Bertz CT molecular complexity index is 887. The second-order valence-electron chi connectivity index (χ2n) is 4.65. The van der Waals surface area contributed by atoms with Gasteiger partial charge in [-0.1, -0.05) is 12.1 Å². The van der Waals surface area contributed by atoms with Gasteiger partial charge in [0.15, 0.2) is 5.76 Å². The Morgan fingerprint density at radius 1 is 1.13 bits per heavy atom. The second kappa shape index (κ2) is 6.02. The van der Waals surface area contributed by atoms with Gasteiger partial charge in [-0.3, -0.25) is 14.9 Å². The lowest BCUT2D eigenvalue weighted by Crippen LogP contribution is -1.92. The summed E-state index contributed by atoms with van der Waals surface area (Å²) in [5.41, 5.74) is 1.42. The third kappa shape index (κ3) is 2.97. The first kappa shape index (κ1) is 14.9. The molecule has 0 amide bonds. The van der Waals surface area contributed by atoms with Crippen LogP contribution in [0.15, 0.2) is 59.1 Å². The zero-order valence-corrected chi connectivity index (χ0v) is 12.4. The lowest BCUT2D eigenvalue weighted by atomic mass is 10.1. The van der Waals surface area contributed by atoms with Crippen LogP contribution in [0.25, 0.3) is 22.8 Å². The van der Waals surface area contributed by atoms with E-state index in [1.165, 1.54) is 18.3 Å². The van der Waals surface area contributed by atoms with E-state index < -0.39 is 10.2 Å². The van der Waals surface area contributed by atoms with Gasteiger partial charge in [-0.2, -0.15) is 0 Å². The summed E-state index contributed by atoms with van der Waals surface area (Å²) in [4.78, 5) is 25.8. The monoisotopic (exact) mass is 328 g/mol. The topological polar surface area (TPSA) is 86.2 Å². The summed E-state index contributed by atoms with van der Waals surface area (Å²) in [5.74, 6) is 0.690. The van der Waals surface area contributed by atoms with E-state index in [1.807, 2.05) is 0 Å². The van der Waals surface area contributed by atoms with Crippen LogP contribution in [0.3, 0.4) is 0 Å². The van der Waals surface area contributed by atoms with Gasteiger partial charge in [0.05, 0.1) is 11.1 Å². The maximum atomic E-state index is 11.4. The maximum absolute atomic E-state index is 11.4. The van der Waals surface area contributed by atoms with E-state index in [1.54, 1.807) is 36.4 Å². The maximum Gasteiger partial charge on any atom is 0.269 e. The van der Waals surface area contributed by atoms with Crippen LogP contribution < -0.4 is 0 Å². The highest BCUT2D eigenvalue weighted by atomic mass is 35.5. The van der Waals surface area contributed by atoms with Crippen molar-refractivity contribution in [2.24, 2.45) is 0 Å². The Balaban J connectivity index is 1.98. The number of benzene rings is 2. The average Bonchev–Trinajstić information content (AvgIpc) is 3.04. The molecule has 1 heterocycles. The third-order valence-corrected chi connectivity index (χ3v) is 3.44. The fraction of sp³-hybridized carbons (Fsp3) is 0. The quantitative estimate of drug-likeness (QED) is 0.405. The first-order chi connectivity index (χ1) is 11.1. The summed E-state index contributed by atoms with van der Waals surface area (Å²) < 4.78 is 5.66. The highest BCUT2D eigenvalue weighted by Crippen LogP contribution is 2.29. The van der Waals surface area contributed by atoms with Gasteiger partial charge < -0.3 is 4.42 Å². The summed E-state index contributed by atoms with van der Waals surface area (Å²) in [6.07, 6.45) is 1.49. The molecule has 23 heavy (non-hydrogen) atoms. The van der Waals surface area contributed by atoms with Crippen LogP contribution in [0.5, 0.6) is 0 Å². The molecule has 7 heteroatoms. The summed E-state index contributed by atoms with van der Waals surface area (Å²) >= 11 is 5.56. The number of oxazole rings is 1. The van der Waals surface area contributed by atoms with Crippen molar-refractivity contribution in [3.8, 4) is 22.8 Å². The Morgan fingerprint density at radius 2 is 1.83 bits per heavy atom. The molecule has 3 rings (SSSR count). The lowest BCUT2D eigenvalue weighted by molar-refractivity contribution is -0.384. The summed E-state index contributed by atoms with van der Waals surface area (Å²) in [6.45, 7) is 0. The van der Waals surface area contributed by atoms with Crippen molar-refractivity contribution < 1.29 is 14.1 Å². The Morgan fingerprint density at radius 3 is 2.48 bits per heavy atom. The molecule has 0 aliphatic rings. The van der Waals surface area contributed by atoms with Crippen LogP contribution in [0, 0.1) is 10.1 Å². The van der Waals surface area contributed by atoms with Crippen LogP contribution in [0.2, 0.25) is 0 Å². The number of rotatable bonds is 4. The molecule has 114 valence electrons. The minimum atomic E-state index is -0.601. The first-order valence-electron chi connectivity index (χ1n) is 6.56. The SMILES string of the molecule is O=C(Cl)c1ccccc1-c1ncc(-c2ccc([N+](=O)[O-])cc2)o1. The first-order valence-corrected chi connectivity index (χ1v) is 6.94. The number of hydrogen-bond donors (Lipinski definition) is 0. The fourth-order valence-electron chi connectivity index (χ4n) is 2.12. The number of aromatic nitrogens is 1. The lowest BCUT2D eigenvalue weighted by Gasteiger charge is -2.01. The molecule has 0 unspecified atom stereocenters. The highest BCUT2D eigenvalue weighted by Gasteiger charge is 2.15. The normalized spacial score (nSPS) is 10.5. The van der Waals surface area contributed by atoms with Gasteiger partial charge in [0.1, 0.15) is 0 Å². The Kier molecular flexibility index (Phi) is 3.91. The van der Waals surface area contributed by atoms with Crippen molar-refractivity contribution in [2.75, 3.05) is 0 Å². The van der Waals surface area contributed by atoms with Gasteiger partial charge >= 0.3 is 0 Å². The van der Waals surface area contributed by atoms with Gasteiger partial charge in [0.2, 0.25) is 5.89 Å². The molecule has 1 aromatic heterocycles. The minimum Gasteiger partial charge on any atom is -0.436 e. The molecule has 0 saturated heterocycles. The molecule has 0 spiro atoms. The number of carbonyl (C=O) groups excluding carboxylic acids is 1. The number of halogens is 1. The zero-order valence-electron chi connectivity index (χ0n) is 11.6. The van der Waals surface area contributed by atoms with E-state index >= 15 is 0 Å². The molecule has 2 aromatic carbocycles. The van der Waals surface area contributed by atoms with E-state index in [0.717, 1.165) is 0 Å². The molecule has 0 bridgehead atoms. The van der Waals surface area contributed by atoms with E-state index in [-0.39, 0.29) is 11.6 Å². The van der Waals surface area contributed by atoms with Crippen LogP contribution in [0.1, 0.15) is 10.4 Å². The molecular formula is C16H9ClN2O4. The predicted molar refractivity (Wildman–Crippen MR) is 84.2 cm³/mol. The number of hydrogen-bond acceptors (Lipinski definition) is 5. The average molecular weight is 329 g/mol. The molecule has 0 aliphatic carbocycles. The van der Waals surface area contributed by atoms with Crippen LogP contribution in [0.4, 0.5) is 5.69 Å². The Labute approximate surface area is 135 Å². The molecule has 3 aromatic rings. The largest absolute Gasteiger partial charge is 0.436 e. The predicted octanol–water partition coefficient (Wildman–Crippen LogP) is 4.30. The molecule has 0 saturated carbocycles. The Hall–Kier alpha value is -2.99. The fourth-order valence-corrected chi connectivity index (χ4v) is 2.29. The van der Waals surface area contributed by atoms with Crippen molar-refractivity contribution >= 4 is 22.5 Å². The van der Waals surface area contributed by atoms with E-state index in [0.29, 0.717) is 22.5 Å². The molecule has 0 N–H and O–H groups in total. The van der Waals surface area contributed by atoms with Gasteiger partial charge in [0, 0.05) is 28.8 Å². The summed E-state index contributed by atoms with van der Waals surface area (Å²) in [7, 11) is 0.